The molecule has 3 heterocycles. The predicted molar refractivity (Wildman–Crippen MR) is 127 cm³/mol. The Morgan fingerprint density at radius 2 is 1.91 bits per heavy atom. The Morgan fingerprint density at radius 1 is 1.09 bits per heavy atom. The highest BCUT2D eigenvalue weighted by Crippen LogP contribution is 2.27. The molecule has 2 atom stereocenters. The van der Waals surface area contributed by atoms with Crippen LogP contribution in [0.1, 0.15) is 24.4 Å². The van der Waals surface area contributed by atoms with Gasteiger partial charge in [0.2, 0.25) is 5.91 Å². The maximum Gasteiger partial charge on any atom is 0.252 e. The van der Waals surface area contributed by atoms with Gasteiger partial charge in [0, 0.05) is 51.9 Å². The maximum atomic E-state index is 12.8. The molecule has 32 heavy (non-hydrogen) atoms. The molecule has 1 aromatic heterocycles. The van der Waals surface area contributed by atoms with Crippen LogP contribution in [-0.4, -0.2) is 81.3 Å². The van der Waals surface area contributed by atoms with Crippen LogP contribution in [0.2, 0.25) is 0 Å². The number of carbonyl (C=O) groups is 1. The smallest absolute Gasteiger partial charge is 0.252 e. The van der Waals surface area contributed by atoms with Gasteiger partial charge in [-0.2, -0.15) is 4.31 Å². The quantitative estimate of drug-likeness (QED) is 0.664. The molecular formula is C23H32N4O3S2. The van der Waals surface area contributed by atoms with Crippen molar-refractivity contribution in [2.45, 2.75) is 23.1 Å². The third kappa shape index (κ3) is 5.40. The highest BCUT2D eigenvalue weighted by atomic mass is 32.2. The average molecular weight is 477 g/mol. The van der Waals surface area contributed by atoms with Crippen LogP contribution in [0.15, 0.2) is 52.1 Å². The minimum atomic E-state index is -3.51. The number of piperidine rings is 1. The summed E-state index contributed by atoms with van der Waals surface area (Å²) in [6.07, 6.45) is 1.43. The number of nitrogens with zero attached hydrogens (tertiary/aromatic N) is 3. The molecule has 1 N–H and O–H groups in total. The van der Waals surface area contributed by atoms with E-state index in [1.54, 1.807) is 17.5 Å². The fourth-order valence-electron chi connectivity index (χ4n) is 4.60. The zero-order chi connectivity index (χ0) is 22.6. The van der Waals surface area contributed by atoms with Crippen LogP contribution in [0.4, 0.5) is 0 Å². The summed E-state index contributed by atoms with van der Waals surface area (Å²) in [5.74, 6) is -0.336. The molecule has 2 saturated heterocycles. The van der Waals surface area contributed by atoms with E-state index in [0.717, 1.165) is 32.6 Å². The van der Waals surface area contributed by atoms with Crippen LogP contribution >= 0.6 is 11.3 Å². The lowest BCUT2D eigenvalue weighted by molar-refractivity contribution is -0.126. The number of carbonyl (C=O) groups excluding carboxylic acids is 1. The minimum Gasteiger partial charge on any atom is -0.355 e. The third-order valence-electron chi connectivity index (χ3n) is 6.42. The number of hydrogen-bond donors (Lipinski definition) is 1. The zero-order valence-corrected chi connectivity index (χ0v) is 20.2. The van der Waals surface area contributed by atoms with Crippen LogP contribution in [0.25, 0.3) is 0 Å². The van der Waals surface area contributed by atoms with E-state index >= 15 is 0 Å². The number of benzene rings is 1. The molecule has 2 aliphatic rings. The minimum absolute atomic E-state index is 0.0403. The zero-order valence-electron chi connectivity index (χ0n) is 18.5. The van der Waals surface area contributed by atoms with E-state index in [9.17, 15) is 13.2 Å². The molecule has 0 unspecified atom stereocenters. The van der Waals surface area contributed by atoms with E-state index in [0.29, 0.717) is 29.8 Å². The summed E-state index contributed by atoms with van der Waals surface area (Å²) in [7, 11) is -1.36. The average Bonchev–Trinajstić information content (AvgIpc) is 3.36. The van der Waals surface area contributed by atoms with Crippen molar-refractivity contribution in [3.63, 3.8) is 0 Å². The summed E-state index contributed by atoms with van der Waals surface area (Å²) >= 11 is 1.22. The highest BCUT2D eigenvalue weighted by Gasteiger charge is 2.34. The van der Waals surface area contributed by atoms with Crippen molar-refractivity contribution in [1.29, 1.82) is 0 Å². The Labute approximate surface area is 195 Å². The Bertz CT molecular complexity index is 982. The summed E-state index contributed by atoms with van der Waals surface area (Å²) in [5.41, 5.74) is 1.30. The Balaban J connectivity index is 1.31. The fraction of sp³-hybridized carbons (Fsp3) is 0.522. The van der Waals surface area contributed by atoms with Crippen molar-refractivity contribution < 1.29 is 13.2 Å². The first kappa shape index (κ1) is 23.4. The van der Waals surface area contributed by atoms with Gasteiger partial charge in [0.05, 0.1) is 5.92 Å². The third-order valence-corrected chi connectivity index (χ3v) is 9.66. The fourth-order valence-corrected chi connectivity index (χ4v) is 7.26. The largest absolute Gasteiger partial charge is 0.355 e. The van der Waals surface area contributed by atoms with Crippen LogP contribution in [0.3, 0.4) is 0 Å². The molecule has 174 valence electrons. The molecule has 7 nitrogen and oxygen atoms in total. The van der Waals surface area contributed by atoms with Gasteiger partial charge < -0.3 is 10.2 Å². The Hall–Kier alpha value is -1.78. The van der Waals surface area contributed by atoms with E-state index in [4.69, 9.17) is 0 Å². The monoisotopic (exact) mass is 476 g/mol. The van der Waals surface area contributed by atoms with Gasteiger partial charge >= 0.3 is 0 Å². The number of rotatable bonds is 7. The standard InChI is InChI=1S/C23H32N4O3S2/c1-25-14-15-26(21(18-25)19-7-3-2-4-8-19)13-11-24-23(28)20-9-5-12-27(17-20)32(29,30)22-10-6-16-31-22/h2-4,6-8,10,16,20-21H,5,9,11-15,17-18H2,1H3,(H,24,28)/t20-,21+/m1/s1. The van der Waals surface area contributed by atoms with E-state index in [-0.39, 0.29) is 18.4 Å². The molecule has 0 bridgehead atoms. The molecule has 2 fully saturated rings. The van der Waals surface area contributed by atoms with Crippen LogP contribution < -0.4 is 5.32 Å². The second kappa shape index (κ2) is 10.4. The van der Waals surface area contributed by atoms with Crippen LogP contribution in [0.5, 0.6) is 0 Å². The van der Waals surface area contributed by atoms with Gasteiger partial charge in [-0.05, 0) is 36.9 Å². The van der Waals surface area contributed by atoms with Crippen molar-refractivity contribution in [3.05, 3.63) is 53.4 Å². The van der Waals surface area contributed by atoms with Gasteiger partial charge in [-0.1, -0.05) is 36.4 Å². The summed E-state index contributed by atoms with van der Waals surface area (Å²) in [5, 5.41) is 4.84. The maximum absolute atomic E-state index is 12.8. The normalized spacial score (nSPS) is 23.8. The van der Waals surface area contributed by atoms with Crippen molar-refractivity contribution in [3.8, 4) is 0 Å². The first-order valence-corrected chi connectivity index (χ1v) is 13.6. The summed E-state index contributed by atoms with van der Waals surface area (Å²) in [6.45, 7) is 5.02. The molecular weight excluding hydrogens is 444 g/mol. The molecule has 2 aliphatic heterocycles. The van der Waals surface area contributed by atoms with E-state index in [2.05, 4.69) is 46.4 Å². The summed E-state index contributed by atoms with van der Waals surface area (Å²) in [6, 6.07) is 14.2. The number of thiophene rings is 1. The van der Waals surface area contributed by atoms with Gasteiger partial charge in [-0.25, -0.2) is 8.42 Å². The number of nitrogens with one attached hydrogen (secondary N) is 1. The second-order valence-electron chi connectivity index (χ2n) is 8.65. The Kier molecular flexibility index (Phi) is 7.63. The van der Waals surface area contributed by atoms with Gasteiger partial charge in [0.15, 0.2) is 0 Å². The van der Waals surface area contributed by atoms with E-state index in [1.165, 1.54) is 21.2 Å². The molecule has 1 amide bonds. The molecule has 0 aliphatic carbocycles. The predicted octanol–water partition coefficient (Wildman–Crippen LogP) is 2.25. The van der Waals surface area contributed by atoms with E-state index < -0.39 is 10.0 Å². The molecule has 0 saturated carbocycles. The lowest BCUT2D eigenvalue weighted by atomic mass is 9.99. The first-order chi connectivity index (χ1) is 15.4. The van der Waals surface area contributed by atoms with Crippen LogP contribution in [-0.2, 0) is 14.8 Å². The number of likely N-dealkylation sites (N-methyl/N-ethyl adjacent to an activating group) is 1. The molecule has 4 rings (SSSR count). The lowest BCUT2D eigenvalue weighted by Crippen LogP contribution is -2.50. The van der Waals surface area contributed by atoms with E-state index in [1.807, 2.05) is 6.07 Å². The summed E-state index contributed by atoms with van der Waals surface area (Å²) in [4.78, 5) is 17.6. The van der Waals surface area contributed by atoms with Crippen molar-refractivity contribution in [2.75, 3.05) is 52.9 Å². The van der Waals surface area contributed by atoms with Gasteiger partial charge in [0.1, 0.15) is 4.21 Å². The molecule has 9 heteroatoms. The number of piperazine rings is 1. The van der Waals surface area contributed by atoms with Crippen molar-refractivity contribution in [2.24, 2.45) is 5.92 Å². The molecule has 1 aromatic carbocycles. The van der Waals surface area contributed by atoms with Crippen molar-refractivity contribution >= 4 is 27.3 Å². The topological polar surface area (TPSA) is 73.0 Å². The van der Waals surface area contributed by atoms with Crippen molar-refractivity contribution in [1.82, 2.24) is 19.4 Å². The summed E-state index contributed by atoms with van der Waals surface area (Å²) < 4.78 is 27.5. The second-order valence-corrected chi connectivity index (χ2v) is 11.8. The number of hydrogen-bond acceptors (Lipinski definition) is 6. The Morgan fingerprint density at radius 3 is 2.66 bits per heavy atom. The highest BCUT2D eigenvalue weighted by molar-refractivity contribution is 7.91. The molecule has 2 aromatic rings. The SMILES string of the molecule is CN1CCN(CCNC(=O)[C@@H]2CCCN(S(=O)(=O)c3cccs3)C2)[C@H](c2ccccc2)C1. The number of sulfonamides is 1. The first-order valence-electron chi connectivity index (χ1n) is 11.2. The lowest BCUT2D eigenvalue weighted by Gasteiger charge is -2.40. The van der Waals surface area contributed by atoms with Crippen LogP contribution in [0, 0.1) is 5.92 Å². The van der Waals surface area contributed by atoms with Gasteiger partial charge in [-0.3, -0.25) is 9.69 Å². The van der Waals surface area contributed by atoms with Gasteiger partial charge in [0.25, 0.3) is 10.0 Å². The number of amides is 1. The van der Waals surface area contributed by atoms with Gasteiger partial charge in [-0.15, -0.1) is 11.3 Å². The molecule has 0 radical (unpaired) electrons. The molecule has 0 spiro atoms.